The fourth-order valence-corrected chi connectivity index (χ4v) is 5.01. The number of benzene rings is 2. The average Bonchev–Trinajstić information content (AvgIpc) is 3.79. The predicted molar refractivity (Wildman–Crippen MR) is 166 cm³/mol. The number of imidazole rings is 1. The third-order valence-corrected chi connectivity index (χ3v) is 7.70. The number of rotatable bonds is 11. The van der Waals surface area contributed by atoms with Crippen LogP contribution in [0, 0.1) is 22.6 Å². The summed E-state index contributed by atoms with van der Waals surface area (Å²) in [6.45, 7) is 3.89. The Balaban J connectivity index is 0.00000204. The molecular weight excluding hydrogens is 594 g/mol. The second kappa shape index (κ2) is 13.7. The van der Waals surface area contributed by atoms with Crippen molar-refractivity contribution in [2.45, 2.75) is 46.3 Å². The number of alkyl halides is 1. The van der Waals surface area contributed by atoms with E-state index in [1.165, 1.54) is 25.4 Å². The second-order valence-corrected chi connectivity index (χ2v) is 10.7. The molecule has 3 heterocycles. The summed E-state index contributed by atoms with van der Waals surface area (Å²) < 4.78 is 42.2. The molecular formula is C34H32F2N6O4. The van der Waals surface area contributed by atoms with Crippen LogP contribution in [0.25, 0.3) is 22.4 Å². The quantitative estimate of drug-likeness (QED) is 0.173. The van der Waals surface area contributed by atoms with E-state index in [1.54, 1.807) is 47.0 Å². The lowest BCUT2D eigenvalue weighted by atomic mass is 10.1. The molecule has 236 valence electrons. The molecule has 1 N–H and O–H groups in total. The van der Waals surface area contributed by atoms with Crippen LogP contribution < -0.4 is 9.47 Å². The van der Waals surface area contributed by atoms with Gasteiger partial charge in [0.25, 0.3) is 0 Å². The maximum Gasteiger partial charge on any atom is 0.354 e. The van der Waals surface area contributed by atoms with E-state index in [1.807, 2.05) is 13.8 Å². The molecule has 0 aliphatic heterocycles. The highest BCUT2D eigenvalue weighted by molar-refractivity contribution is 5.88. The van der Waals surface area contributed by atoms with Gasteiger partial charge < -0.3 is 19.1 Å². The Morgan fingerprint density at radius 2 is 1.89 bits per heavy atom. The van der Waals surface area contributed by atoms with Crippen LogP contribution >= 0.6 is 0 Å². The number of nitrogens with zero attached hydrogens (tertiary/aromatic N) is 6. The highest BCUT2D eigenvalue weighted by Gasteiger charge is 2.44. The van der Waals surface area contributed by atoms with Crippen LogP contribution in [0.3, 0.4) is 0 Å². The molecule has 10 nitrogen and oxygen atoms in total. The van der Waals surface area contributed by atoms with E-state index < -0.39 is 23.9 Å². The lowest BCUT2D eigenvalue weighted by molar-refractivity contribution is 0.0690. The fraction of sp³-hybridized carbons (Fsp3) is 0.294. The van der Waals surface area contributed by atoms with Gasteiger partial charge in [-0.15, -0.1) is 0 Å². The summed E-state index contributed by atoms with van der Waals surface area (Å²) in [6.07, 6.45) is 3.13. The number of carboxylic acid groups (broad SMARTS) is 1. The lowest BCUT2D eigenvalue weighted by Crippen LogP contribution is -2.17. The van der Waals surface area contributed by atoms with E-state index in [0.29, 0.717) is 51.7 Å². The topological polar surface area (TPSA) is 136 Å². The Hall–Kier alpha value is -5.44. The first-order valence-corrected chi connectivity index (χ1v) is 14.8. The van der Waals surface area contributed by atoms with Gasteiger partial charge in [0.2, 0.25) is 0 Å². The van der Waals surface area contributed by atoms with Crippen molar-refractivity contribution in [1.29, 1.82) is 5.26 Å². The summed E-state index contributed by atoms with van der Waals surface area (Å²) in [5.41, 5.74) is 2.53. The number of pyridine rings is 1. The van der Waals surface area contributed by atoms with Crippen molar-refractivity contribution < 1.29 is 28.2 Å². The van der Waals surface area contributed by atoms with Crippen molar-refractivity contribution >= 4 is 17.1 Å². The molecule has 46 heavy (non-hydrogen) atoms. The Morgan fingerprint density at radius 1 is 1.09 bits per heavy atom. The third kappa shape index (κ3) is 6.78. The molecule has 0 atom stereocenters. The van der Waals surface area contributed by atoms with Crippen molar-refractivity contribution in [3.63, 3.8) is 0 Å². The zero-order valence-electron chi connectivity index (χ0n) is 25.6. The van der Waals surface area contributed by atoms with Gasteiger partial charge in [-0.1, -0.05) is 26.0 Å². The van der Waals surface area contributed by atoms with Crippen molar-refractivity contribution in [2.75, 3.05) is 13.8 Å². The lowest BCUT2D eigenvalue weighted by Gasteiger charge is -2.15. The van der Waals surface area contributed by atoms with Crippen LogP contribution in [-0.4, -0.2) is 49.4 Å². The van der Waals surface area contributed by atoms with E-state index in [0.717, 1.165) is 12.8 Å². The molecule has 0 radical (unpaired) electrons. The number of methoxy groups -OCH3 is 1. The number of ether oxygens (including phenoxy) is 2. The van der Waals surface area contributed by atoms with E-state index in [4.69, 9.17) is 14.7 Å². The minimum absolute atomic E-state index is 0.0428. The number of hydrogen-bond acceptors (Lipinski definition) is 8. The van der Waals surface area contributed by atoms with Crippen molar-refractivity contribution in [1.82, 2.24) is 24.5 Å². The first-order valence-electron chi connectivity index (χ1n) is 14.8. The van der Waals surface area contributed by atoms with Crippen LogP contribution in [0.1, 0.15) is 59.7 Å². The number of carboxylic acids is 1. The number of fused-ring (bicyclic) bond motifs is 1. The highest BCUT2D eigenvalue weighted by Crippen LogP contribution is 2.48. The number of nitriles is 1. The van der Waals surface area contributed by atoms with Gasteiger partial charge in [0.05, 0.1) is 31.1 Å². The van der Waals surface area contributed by atoms with Gasteiger partial charge in [-0.2, -0.15) is 10.2 Å². The summed E-state index contributed by atoms with van der Waals surface area (Å²) in [5, 5.41) is 18.5. The van der Waals surface area contributed by atoms with Gasteiger partial charge in [-0.3, -0.25) is 4.39 Å². The van der Waals surface area contributed by atoms with Crippen molar-refractivity contribution in [2.24, 2.45) is 5.41 Å². The molecule has 0 bridgehead atoms. The minimum atomic E-state index is -1.17. The number of aromatic carboxylic acids is 1. The molecule has 3 aromatic heterocycles. The van der Waals surface area contributed by atoms with Gasteiger partial charge in [-0.25, -0.2) is 24.1 Å². The summed E-state index contributed by atoms with van der Waals surface area (Å²) >= 11 is 0. The smallest absolute Gasteiger partial charge is 0.354 e. The van der Waals surface area contributed by atoms with Crippen molar-refractivity contribution in [3.05, 3.63) is 94.8 Å². The summed E-state index contributed by atoms with van der Waals surface area (Å²) in [6, 6.07) is 16.4. The zero-order valence-corrected chi connectivity index (χ0v) is 25.6. The first kappa shape index (κ1) is 32.0. The van der Waals surface area contributed by atoms with Crippen LogP contribution in [0.2, 0.25) is 0 Å². The standard InChI is InChI=1S/C32H26F2N6O4.C2H6/c1-43-27-13-20(15-35)2-4-21(27)16-44-31-36-11-8-24(39-31)22-5-3-19(12-23(22)34)14-28-37-25-6-7-26(30(41)42)38-29(25)40(28)18-32(17-33)9-10-32;1-2/h2-8,11-13H,9-10,14,16-18H2,1H3,(H,41,42);1-2H3. The van der Waals surface area contributed by atoms with E-state index in [-0.39, 0.29) is 30.3 Å². The zero-order chi connectivity index (χ0) is 32.8. The largest absolute Gasteiger partial charge is 0.496 e. The molecule has 6 rings (SSSR count). The van der Waals surface area contributed by atoms with Gasteiger partial charge >= 0.3 is 12.0 Å². The minimum Gasteiger partial charge on any atom is -0.496 e. The van der Waals surface area contributed by atoms with E-state index in [9.17, 15) is 14.3 Å². The molecule has 1 saturated carbocycles. The SMILES string of the molecule is CC.COc1cc(C#N)ccc1COc1nccc(-c2ccc(Cc3nc4ccc(C(=O)O)nc4n3CC3(CF)CC3)cc2F)n1. The van der Waals surface area contributed by atoms with Gasteiger partial charge in [0.1, 0.15) is 29.5 Å². The Morgan fingerprint density at radius 3 is 2.57 bits per heavy atom. The second-order valence-electron chi connectivity index (χ2n) is 10.7. The maximum atomic E-state index is 15.5. The molecule has 12 heteroatoms. The molecule has 1 fully saturated rings. The third-order valence-electron chi connectivity index (χ3n) is 7.70. The van der Waals surface area contributed by atoms with Gasteiger partial charge in [-0.05, 0) is 60.9 Å². The predicted octanol–water partition coefficient (Wildman–Crippen LogP) is 6.55. The van der Waals surface area contributed by atoms with Crippen molar-refractivity contribution in [3.8, 4) is 29.1 Å². The Bertz CT molecular complexity index is 1930. The molecule has 0 saturated heterocycles. The summed E-state index contributed by atoms with van der Waals surface area (Å²) in [4.78, 5) is 29.0. The van der Waals surface area contributed by atoms with Crippen LogP contribution in [0.4, 0.5) is 8.78 Å². The van der Waals surface area contributed by atoms with Gasteiger partial charge in [0, 0.05) is 35.7 Å². The molecule has 0 amide bonds. The van der Waals surface area contributed by atoms with Crippen LogP contribution in [-0.2, 0) is 19.6 Å². The summed E-state index contributed by atoms with van der Waals surface area (Å²) in [5.74, 6) is -0.654. The Kier molecular flexibility index (Phi) is 9.51. The molecule has 0 unspecified atom stereocenters. The fourth-order valence-electron chi connectivity index (χ4n) is 5.01. The molecule has 0 spiro atoms. The van der Waals surface area contributed by atoms with Crippen LogP contribution in [0.5, 0.6) is 11.8 Å². The normalized spacial score (nSPS) is 13.0. The van der Waals surface area contributed by atoms with Gasteiger partial charge in [0.15, 0.2) is 11.3 Å². The highest BCUT2D eigenvalue weighted by atomic mass is 19.1. The summed E-state index contributed by atoms with van der Waals surface area (Å²) in [7, 11) is 1.50. The van der Waals surface area contributed by atoms with E-state index in [2.05, 4.69) is 26.0 Å². The number of aromatic nitrogens is 5. The molecule has 2 aromatic carbocycles. The molecule has 1 aliphatic carbocycles. The number of hydrogen-bond donors (Lipinski definition) is 1. The van der Waals surface area contributed by atoms with Crippen LogP contribution in [0.15, 0.2) is 60.8 Å². The monoisotopic (exact) mass is 626 g/mol. The van der Waals surface area contributed by atoms with E-state index >= 15 is 4.39 Å². The maximum absolute atomic E-state index is 15.5. The number of carbonyl (C=O) groups is 1. The number of halogens is 2. The molecule has 5 aromatic rings. The molecule has 1 aliphatic rings. The average molecular weight is 627 g/mol. The first-order chi connectivity index (χ1) is 22.3. The Labute approximate surface area is 264 Å².